The molecule has 4 rings (SSSR count). The zero-order chi connectivity index (χ0) is 22.3. The van der Waals surface area contributed by atoms with E-state index in [0.29, 0.717) is 12.1 Å². The molecule has 1 amide bonds. The van der Waals surface area contributed by atoms with Crippen LogP contribution in [0.3, 0.4) is 0 Å². The molecular formula is C28H29Cl2N3O. The monoisotopic (exact) mass is 493 g/mol. The van der Waals surface area contributed by atoms with Crippen LogP contribution in [0.15, 0.2) is 97.1 Å². The lowest BCUT2D eigenvalue weighted by molar-refractivity contribution is 0.0951. The third-order valence-electron chi connectivity index (χ3n) is 5.29. The number of halogens is 2. The van der Waals surface area contributed by atoms with Gasteiger partial charge in [-0.1, -0.05) is 72.8 Å². The molecule has 0 saturated carbocycles. The van der Waals surface area contributed by atoms with Crippen LogP contribution in [0.4, 0.5) is 0 Å². The molecule has 0 saturated heterocycles. The quantitative estimate of drug-likeness (QED) is 0.332. The average molecular weight is 494 g/mol. The van der Waals surface area contributed by atoms with Gasteiger partial charge in [-0.3, -0.25) is 4.79 Å². The molecule has 0 aliphatic carbocycles. The fraction of sp³-hybridized carbons (Fsp3) is 0.143. The molecule has 0 spiro atoms. The number of carbonyl (C=O) groups excluding carboxylic acids is 1. The topological polar surface area (TPSA) is 45.2 Å². The maximum absolute atomic E-state index is 12.4. The lowest BCUT2D eigenvalue weighted by atomic mass is 9.99. The number of aromatic nitrogens is 1. The van der Waals surface area contributed by atoms with Crippen molar-refractivity contribution in [2.45, 2.75) is 0 Å². The Labute approximate surface area is 213 Å². The Morgan fingerprint density at radius 1 is 0.706 bits per heavy atom. The fourth-order valence-corrected chi connectivity index (χ4v) is 3.52. The second-order valence-electron chi connectivity index (χ2n) is 7.99. The zero-order valence-electron chi connectivity index (χ0n) is 19.3. The summed E-state index contributed by atoms with van der Waals surface area (Å²) in [6.45, 7) is 1.43. The summed E-state index contributed by atoms with van der Waals surface area (Å²) >= 11 is 0. The minimum atomic E-state index is -0.0527. The predicted octanol–water partition coefficient (Wildman–Crippen LogP) is 6.22. The van der Waals surface area contributed by atoms with Gasteiger partial charge in [0.1, 0.15) is 0 Å². The van der Waals surface area contributed by atoms with Crippen molar-refractivity contribution < 1.29 is 4.79 Å². The Morgan fingerprint density at radius 3 is 1.68 bits per heavy atom. The van der Waals surface area contributed by atoms with Crippen LogP contribution in [0.5, 0.6) is 0 Å². The summed E-state index contributed by atoms with van der Waals surface area (Å²) in [4.78, 5) is 19.4. The van der Waals surface area contributed by atoms with E-state index in [1.807, 2.05) is 79.7 Å². The predicted molar refractivity (Wildman–Crippen MR) is 146 cm³/mol. The molecule has 1 N–H and O–H groups in total. The molecule has 0 aliphatic rings. The van der Waals surface area contributed by atoms with E-state index in [-0.39, 0.29) is 30.7 Å². The summed E-state index contributed by atoms with van der Waals surface area (Å²) in [5.41, 5.74) is 6.77. The number of likely N-dealkylation sites (N-methyl/N-ethyl adjacent to an activating group) is 1. The molecular weight excluding hydrogens is 465 g/mol. The van der Waals surface area contributed by atoms with Crippen molar-refractivity contribution in [2.75, 3.05) is 27.2 Å². The zero-order valence-corrected chi connectivity index (χ0v) is 20.9. The van der Waals surface area contributed by atoms with Gasteiger partial charge in [0, 0.05) is 29.8 Å². The Morgan fingerprint density at radius 2 is 1.21 bits per heavy atom. The fourth-order valence-electron chi connectivity index (χ4n) is 3.52. The Balaban J connectivity index is 0.00000204. The molecule has 176 valence electrons. The molecule has 0 atom stereocenters. The number of hydrogen-bond donors (Lipinski definition) is 1. The summed E-state index contributed by atoms with van der Waals surface area (Å²) in [5, 5.41) is 2.96. The van der Waals surface area contributed by atoms with Gasteiger partial charge in [0.25, 0.3) is 5.91 Å². The smallest absolute Gasteiger partial charge is 0.251 e. The highest BCUT2D eigenvalue weighted by atomic mass is 35.5. The molecule has 0 fully saturated rings. The Kier molecular flexibility index (Phi) is 10.3. The molecule has 3 aromatic carbocycles. The third-order valence-corrected chi connectivity index (χ3v) is 5.29. The maximum Gasteiger partial charge on any atom is 0.251 e. The Bertz CT molecular complexity index is 1120. The van der Waals surface area contributed by atoms with E-state index < -0.39 is 0 Å². The molecule has 1 heterocycles. The molecule has 4 nitrogen and oxygen atoms in total. The Hall–Kier alpha value is -3.18. The normalized spacial score (nSPS) is 10.2. The number of nitrogens with zero attached hydrogens (tertiary/aromatic N) is 2. The second-order valence-corrected chi connectivity index (χ2v) is 7.99. The van der Waals surface area contributed by atoms with Gasteiger partial charge in [-0.05, 0) is 49.5 Å². The molecule has 1 aromatic heterocycles. The van der Waals surface area contributed by atoms with Gasteiger partial charge in [-0.25, -0.2) is 4.98 Å². The lowest BCUT2D eigenvalue weighted by Crippen LogP contribution is -2.31. The number of pyridine rings is 1. The molecule has 0 unspecified atom stereocenters. The highest BCUT2D eigenvalue weighted by Crippen LogP contribution is 2.30. The molecule has 34 heavy (non-hydrogen) atoms. The highest BCUT2D eigenvalue weighted by Gasteiger charge is 2.10. The summed E-state index contributed by atoms with van der Waals surface area (Å²) in [5.74, 6) is -0.0527. The van der Waals surface area contributed by atoms with Crippen molar-refractivity contribution in [3.63, 3.8) is 0 Å². The summed E-state index contributed by atoms with van der Waals surface area (Å²) in [6.07, 6.45) is 0. The molecule has 4 aromatic rings. The van der Waals surface area contributed by atoms with E-state index >= 15 is 0 Å². The van der Waals surface area contributed by atoms with Crippen LogP contribution >= 0.6 is 24.8 Å². The number of carbonyl (C=O) groups is 1. The number of benzene rings is 3. The van der Waals surface area contributed by atoms with E-state index in [4.69, 9.17) is 4.98 Å². The minimum absolute atomic E-state index is 0. The van der Waals surface area contributed by atoms with Crippen LogP contribution in [-0.4, -0.2) is 43.0 Å². The molecule has 0 bridgehead atoms. The largest absolute Gasteiger partial charge is 0.351 e. The minimum Gasteiger partial charge on any atom is -0.351 e. The molecule has 0 radical (unpaired) electrons. The maximum atomic E-state index is 12.4. The van der Waals surface area contributed by atoms with Crippen molar-refractivity contribution in [2.24, 2.45) is 0 Å². The second kappa shape index (κ2) is 12.9. The van der Waals surface area contributed by atoms with Gasteiger partial charge < -0.3 is 10.2 Å². The van der Waals surface area contributed by atoms with Crippen molar-refractivity contribution in [1.82, 2.24) is 15.2 Å². The SMILES string of the molecule is CN(C)CCNC(=O)c1ccc(-c2cc(-c3ccccc3)nc(-c3ccccc3)c2)cc1.Cl.Cl. The third kappa shape index (κ3) is 6.91. The van der Waals surface area contributed by atoms with E-state index in [2.05, 4.69) is 41.7 Å². The number of hydrogen-bond acceptors (Lipinski definition) is 3. The van der Waals surface area contributed by atoms with Crippen LogP contribution < -0.4 is 5.32 Å². The first-order chi connectivity index (χ1) is 15.6. The number of amides is 1. The van der Waals surface area contributed by atoms with Crippen LogP contribution in [0.25, 0.3) is 33.6 Å². The summed E-state index contributed by atoms with van der Waals surface area (Å²) in [6, 6.07) is 32.4. The standard InChI is InChI=1S/C28H27N3O.2ClH/c1-31(2)18-17-29-28(32)24-15-13-21(14-16-24)25-19-26(22-9-5-3-6-10-22)30-27(20-25)23-11-7-4-8-12-23;;/h3-16,19-20H,17-18H2,1-2H3,(H,29,32);2*1H. The number of nitrogens with one attached hydrogen (secondary N) is 1. The molecule has 0 aliphatic heterocycles. The number of rotatable bonds is 7. The van der Waals surface area contributed by atoms with Gasteiger partial charge in [-0.2, -0.15) is 0 Å². The van der Waals surface area contributed by atoms with Crippen molar-refractivity contribution in [1.29, 1.82) is 0 Å². The lowest BCUT2D eigenvalue weighted by Gasteiger charge is -2.12. The van der Waals surface area contributed by atoms with Crippen molar-refractivity contribution in [3.8, 4) is 33.6 Å². The molecule has 6 heteroatoms. The van der Waals surface area contributed by atoms with Gasteiger partial charge in [0.05, 0.1) is 11.4 Å². The van der Waals surface area contributed by atoms with Crippen molar-refractivity contribution >= 4 is 30.7 Å². The van der Waals surface area contributed by atoms with E-state index in [1.165, 1.54) is 0 Å². The van der Waals surface area contributed by atoms with Crippen LogP contribution in [-0.2, 0) is 0 Å². The first-order valence-electron chi connectivity index (χ1n) is 10.8. The summed E-state index contributed by atoms with van der Waals surface area (Å²) < 4.78 is 0. The average Bonchev–Trinajstić information content (AvgIpc) is 2.84. The van der Waals surface area contributed by atoms with Gasteiger partial charge in [0.2, 0.25) is 0 Å². The van der Waals surface area contributed by atoms with Crippen molar-refractivity contribution in [3.05, 3.63) is 103 Å². The van der Waals surface area contributed by atoms with Gasteiger partial charge in [-0.15, -0.1) is 24.8 Å². The highest BCUT2D eigenvalue weighted by molar-refractivity contribution is 5.94. The van der Waals surface area contributed by atoms with Gasteiger partial charge in [0.15, 0.2) is 0 Å². The van der Waals surface area contributed by atoms with E-state index in [0.717, 1.165) is 40.2 Å². The van der Waals surface area contributed by atoms with Crippen LogP contribution in [0.1, 0.15) is 10.4 Å². The first kappa shape index (κ1) is 27.1. The van der Waals surface area contributed by atoms with Crippen LogP contribution in [0.2, 0.25) is 0 Å². The summed E-state index contributed by atoms with van der Waals surface area (Å²) in [7, 11) is 3.98. The van der Waals surface area contributed by atoms with Gasteiger partial charge >= 0.3 is 0 Å². The van der Waals surface area contributed by atoms with E-state index in [9.17, 15) is 4.79 Å². The van der Waals surface area contributed by atoms with Crippen LogP contribution in [0, 0.1) is 0 Å². The first-order valence-corrected chi connectivity index (χ1v) is 10.8. The van der Waals surface area contributed by atoms with E-state index in [1.54, 1.807) is 0 Å².